The highest BCUT2D eigenvalue weighted by atomic mass is 16.6. The summed E-state index contributed by atoms with van der Waals surface area (Å²) in [7, 11) is 0. The number of rotatable bonds is 67. The Kier molecular flexibility index (Phi) is 66.6. The molecule has 0 radical (unpaired) electrons. The van der Waals surface area contributed by atoms with Crippen molar-refractivity contribution >= 4 is 17.9 Å². The second-order valence-corrected chi connectivity index (χ2v) is 24.5. The Morgan fingerprint density at radius 1 is 0.253 bits per heavy atom. The number of ether oxygens (including phenoxy) is 3. The smallest absolute Gasteiger partial charge is 0.306 e. The lowest BCUT2D eigenvalue weighted by Crippen LogP contribution is -2.30. The molecular formula is C73H138O6. The average Bonchev–Trinajstić information content (AvgIpc) is 3.45. The molecule has 0 bridgehead atoms. The molecule has 0 spiro atoms. The van der Waals surface area contributed by atoms with Crippen molar-refractivity contribution in [3.05, 3.63) is 24.3 Å². The number of esters is 3. The van der Waals surface area contributed by atoms with Gasteiger partial charge in [-0.25, -0.2) is 0 Å². The van der Waals surface area contributed by atoms with Crippen molar-refractivity contribution in [2.75, 3.05) is 13.2 Å². The fourth-order valence-corrected chi connectivity index (χ4v) is 11.1. The number of carbonyl (C=O) groups is 3. The molecule has 0 aliphatic rings. The summed E-state index contributed by atoms with van der Waals surface area (Å²) in [4.78, 5) is 38.4. The van der Waals surface area contributed by atoms with Gasteiger partial charge in [-0.15, -0.1) is 0 Å². The zero-order valence-corrected chi connectivity index (χ0v) is 53.7. The number of carbonyl (C=O) groups excluding carboxylic acids is 3. The van der Waals surface area contributed by atoms with Gasteiger partial charge in [0.25, 0.3) is 0 Å². The minimum absolute atomic E-state index is 0.0692. The third kappa shape index (κ3) is 66.6. The fraction of sp³-hybridized carbons (Fsp3) is 0.904. The Morgan fingerprint density at radius 3 is 0.734 bits per heavy atom. The van der Waals surface area contributed by atoms with Crippen molar-refractivity contribution in [1.82, 2.24) is 0 Å². The van der Waals surface area contributed by atoms with Gasteiger partial charge in [0.2, 0.25) is 0 Å². The molecule has 79 heavy (non-hydrogen) atoms. The summed E-state index contributed by atoms with van der Waals surface area (Å²) in [5.74, 6) is -0.850. The predicted octanol–water partition coefficient (Wildman–Crippen LogP) is 24.6. The quantitative estimate of drug-likeness (QED) is 0.0261. The van der Waals surface area contributed by atoms with E-state index in [1.807, 2.05) is 0 Å². The summed E-state index contributed by atoms with van der Waals surface area (Å²) in [6, 6.07) is 0. The lowest BCUT2D eigenvalue weighted by atomic mass is 10.0. The van der Waals surface area contributed by atoms with Crippen molar-refractivity contribution < 1.29 is 28.6 Å². The molecule has 1 unspecified atom stereocenters. The number of hydrogen-bond donors (Lipinski definition) is 0. The van der Waals surface area contributed by atoms with Crippen molar-refractivity contribution in [3.63, 3.8) is 0 Å². The van der Waals surface area contributed by atoms with Crippen LogP contribution in [0.3, 0.4) is 0 Å². The van der Waals surface area contributed by atoms with Crippen LogP contribution in [-0.4, -0.2) is 37.2 Å². The molecule has 0 aromatic rings. The second-order valence-electron chi connectivity index (χ2n) is 24.5. The predicted molar refractivity (Wildman–Crippen MR) is 344 cm³/mol. The van der Waals surface area contributed by atoms with Crippen LogP contribution in [0.25, 0.3) is 0 Å². The molecule has 0 aromatic carbocycles. The van der Waals surface area contributed by atoms with Gasteiger partial charge in [0.1, 0.15) is 13.2 Å². The summed E-state index contributed by atoms with van der Waals surface area (Å²) in [5, 5.41) is 0. The minimum Gasteiger partial charge on any atom is -0.462 e. The van der Waals surface area contributed by atoms with Gasteiger partial charge in [-0.2, -0.15) is 0 Å². The van der Waals surface area contributed by atoms with Gasteiger partial charge in [-0.3, -0.25) is 14.4 Å². The first kappa shape index (κ1) is 76.9. The normalized spacial score (nSPS) is 12.1. The SMILES string of the molecule is CCCC/C=C\C/C=C\CCCCCCCC(=O)OCC(COC(=O)CCCCCCCCCCCCCCCCCCCCCCCCCC)OC(=O)CCCCCCCCCCCCCCCCCCCCCCCCC. The van der Waals surface area contributed by atoms with E-state index in [2.05, 4.69) is 45.1 Å². The Bertz CT molecular complexity index is 1270. The second kappa shape index (κ2) is 68.4. The van der Waals surface area contributed by atoms with Gasteiger partial charge in [-0.1, -0.05) is 366 Å². The first-order valence-corrected chi connectivity index (χ1v) is 35.8. The highest BCUT2D eigenvalue weighted by molar-refractivity contribution is 5.71. The third-order valence-electron chi connectivity index (χ3n) is 16.5. The molecule has 466 valence electrons. The van der Waals surface area contributed by atoms with Crippen molar-refractivity contribution in [2.45, 2.75) is 412 Å². The number of unbranched alkanes of at least 4 members (excludes halogenated alkanes) is 52. The highest BCUT2D eigenvalue weighted by Gasteiger charge is 2.19. The fourth-order valence-electron chi connectivity index (χ4n) is 11.1. The van der Waals surface area contributed by atoms with Crippen LogP contribution in [0.1, 0.15) is 406 Å². The molecule has 6 heteroatoms. The molecule has 0 amide bonds. The van der Waals surface area contributed by atoms with Crippen LogP contribution in [0.5, 0.6) is 0 Å². The molecular weight excluding hydrogens is 973 g/mol. The van der Waals surface area contributed by atoms with Crippen LogP contribution in [0.15, 0.2) is 24.3 Å². The maximum atomic E-state index is 13.0. The minimum atomic E-state index is -0.774. The Morgan fingerprint density at radius 2 is 0.468 bits per heavy atom. The van der Waals surface area contributed by atoms with E-state index in [-0.39, 0.29) is 31.1 Å². The molecule has 0 N–H and O–H groups in total. The maximum absolute atomic E-state index is 13.0. The average molecular weight is 1110 g/mol. The van der Waals surface area contributed by atoms with Gasteiger partial charge in [0.15, 0.2) is 6.10 Å². The van der Waals surface area contributed by atoms with E-state index < -0.39 is 6.10 Å². The molecule has 0 aliphatic carbocycles. The summed E-state index contributed by atoms with van der Waals surface area (Å²) in [5.41, 5.74) is 0. The van der Waals surface area contributed by atoms with E-state index in [1.54, 1.807) is 0 Å². The standard InChI is InChI=1S/C73H138O6/c1-4-7-10-13-16-19-22-25-28-30-32-34-36-38-39-41-43-45-48-51-54-57-60-63-66-72(75)78-69-70(68-77-71(74)65-62-59-56-53-50-47-27-24-21-18-15-12-9-6-3)79-73(76)67-64-61-58-55-52-49-46-44-42-40-37-35-33-31-29-26-23-20-17-14-11-8-5-2/h15,18,24,27,70H,4-14,16-17,19-23,25-26,28-69H2,1-3H3/b18-15-,27-24-. The van der Waals surface area contributed by atoms with E-state index in [0.717, 1.165) is 77.0 Å². The van der Waals surface area contributed by atoms with Crippen LogP contribution in [0.4, 0.5) is 0 Å². The molecule has 0 aromatic heterocycles. The van der Waals surface area contributed by atoms with E-state index >= 15 is 0 Å². The topological polar surface area (TPSA) is 78.9 Å². The maximum Gasteiger partial charge on any atom is 0.306 e. The largest absolute Gasteiger partial charge is 0.462 e. The number of allylic oxidation sites excluding steroid dienone is 4. The van der Waals surface area contributed by atoms with Gasteiger partial charge in [0.05, 0.1) is 0 Å². The van der Waals surface area contributed by atoms with Gasteiger partial charge in [0, 0.05) is 19.3 Å². The zero-order valence-electron chi connectivity index (χ0n) is 53.7. The van der Waals surface area contributed by atoms with E-state index in [9.17, 15) is 14.4 Å². The monoisotopic (exact) mass is 1110 g/mol. The molecule has 0 heterocycles. The van der Waals surface area contributed by atoms with Crippen LogP contribution >= 0.6 is 0 Å². The first-order chi connectivity index (χ1) is 39.0. The molecule has 0 saturated heterocycles. The van der Waals surface area contributed by atoms with Crippen LogP contribution in [0, 0.1) is 0 Å². The lowest BCUT2D eigenvalue weighted by Gasteiger charge is -2.18. The van der Waals surface area contributed by atoms with Gasteiger partial charge < -0.3 is 14.2 Å². The van der Waals surface area contributed by atoms with Crippen LogP contribution < -0.4 is 0 Å². The Labute approximate surface area is 493 Å². The van der Waals surface area contributed by atoms with Crippen LogP contribution in [-0.2, 0) is 28.6 Å². The summed E-state index contributed by atoms with van der Waals surface area (Å²) >= 11 is 0. The molecule has 0 saturated carbocycles. The first-order valence-electron chi connectivity index (χ1n) is 35.8. The molecule has 1 atom stereocenters. The summed E-state index contributed by atoms with van der Waals surface area (Å²) in [6.45, 7) is 6.68. The van der Waals surface area contributed by atoms with Crippen molar-refractivity contribution in [2.24, 2.45) is 0 Å². The molecule has 0 aliphatic heterocycles. The van der Waals surface area contributed by atoms with Gasteiger partial charge >= 0.3 is 17.9 Å². The Hall–Kier alpha value is -2.11. The Balaban J connectivity index is 4.23. The van der Waals surface area contributed by atoms with E-state index in [1.165, 1.54) is 289 Å². The summed E-state index contributed by atoms with van der Waals surface area (Å²) < 4.78 is 17.0. The molecule has 0 fully saturated rings. The molecule has 0 rings (SSSR count). The summed E-state index contributed by atoms with van der Waals surface area (Å²) in [6.07, 6.45) is 83.6. The van der Waals surface area contributed by atoms with Crippen molar-refractivity contribution in [3.8, 4) is 0 Å². The van der Waals surface area contributed by atoms with Gasteiger partial charge in [-0.05, 0) is 44.9 Å². The third-order valence-corrected chi connectivity index (χ3v) is 16.5. The number of hydrogen-bond acceptors (Lipinski definition) is 6. The van der Waals surface area contributed by atoms with E-state index in [0.29, 0.717) is 19.3 Å². The zero-order chi connectivity index (χ0) is 57.1. The van der Waals surface area contributed by atoms with Crippen molar-refractivity contribution in [1.29, 1.82) is 0 Å². The molecule has 6 nitrogen and oxygen atoms in total. The van der Waals surface area contributed by atoms with Crippen LogP contribution in [0.2, 0.25) is 0 Å². The lowest BCUT2D eigenvalue weighted by molar-refractivity contribution is -0.167. The van der Waals surface area contributed by atoms with E-state index in [4.69, 9.17) is 14.2 Å². The highest BCUT2D eigenvalue weighted by Crippen LogP contribution is 2.19.